The third kappa shape index (κ3) is 2.55. The van der Waals surface area contributed by atoms with Gasteiger partial charge in [-0.25, -0.2) is 15.0 Å². The number of aromatic nitrogens is 4. The molecule has 2 aliphatic heterocycles. The fraction of sp³-hybridized carbons (Fsp3) is 0.647. The summed E-state index contributed by atoms with van der Waals surface area (Å²) in [4.78, 5) is 30.3. The van der Waals surface area contributed by atoms with Gasteiger partial charge in [-0.3, -0.25) is 4.79 Å². The molecule has 0 aromatic carbocycles. The van der Waals surface area contributed by atoms with Crippen LogP contribution < -0.4 is 5.73 Å². The van der Waals surface area contributed by atoms with Gasteiger partial charge in [-0.2, -0.15) is 0 Å². The number of piperidine rings is 1. The van der Waals surface area contributed by atoms with Crippen LogP contribution in [0.2, 0.25) is 0 Å². The Hall–Kier alpha value is -2.22. The molecule has 1 spiro atoms. The predicted molar refractivity (Wildman–Crippen MR) is 94.9 cm³/mol. The Morgan fingerprint density at radius 3 is 2.72 bits per heavy atom. The summed E-state index contributed by atoms with van der Waals surface area (Å²) < 4.78 is 1.82. The van der Waals surface area contributed by atoms with E-state index in [2.05, 4.69) is 31.8 Å². The van der Waals surface area contributed by atoms with E-state index in [1.54, 1.807) is 6.33 Å². The van der Waals surface area contributed by atoms with E-state index >= 15 is 0 Å². The number of hydrogen-bond acceptors (Lipinski definition) is 6. The lowest BCUT2D eigenvalue weighted by atomic mass is 9.85. The Balaban J connectivity index is 1.62. The summed E-state index contributed by atoms with van der Waals surface area (Å²) in [6, 6.07) is -0.353. The minimum Gasteiger partial charge on any atom is -0.382 e. The Bertz CT molecular complexity index is 793. The van der Waals surface area contributed by atoms with Gasteiger partial charge in [0.2, 0.25) is 5.91 Å². The van der Waals surface area contributed by atoms with Gasteiger partial charge in [-0.05, 0) is 39.7 Å². The molecule has 8 heteroatoms. The number of nitrogens with zero attached hydrogens (tertiary/aromatic N) is 6. The minimum absolute atomic E-state index is 0.0300. The number of likely N-dealkylation sites (tertiary alicyclic amines) is 2. The molecule has 2 fully saturated rings. The molecule has 2 aromatic heterocycles. The van der Waals surface area contributed by atoms with Gasteiger partial charge in [-0.15, -0.1) is 0 Å². The average molecular weight is 343 g/mol. The van der Waals surface area contributed by atoms with Crippen LogP contribution in [0.1, 0.15) is 38.6 Å². The van der Waals surface area contributed by atoms with Crippen molar-refractivity contribution in [2.75, 3.05) is 32.4 Å². The number of imidazole rings is 1. The van der Waals surface area contributed by atoms with Crippen LogP contribution in [0.25, 0.3) is 11.2 Å². The van der Waals surface area contributed by atoms with Crippen molar-refractivity contribution in [3.63, 3.8) is 0 Å². The fourth-order valence-corrected chi connectivity index (χ4v) is 4.33. The number of carbonyl (C=O) groups excluding carboxylic acids is 1. The highest BCUT2D eigenvalue weighted by Gasteiger charge is 2.46. The zero-order valence-corrected chi connectivity index (χ0v) is 14.9. The third-order valence-corrected chi connectivity index (χ3v) is 5.94. The summed E-state index contributed by atoms with van der Waals surface area (Å²) in [5.41, 5.74) is 7.06. The minimum atomic E-state index is -0.353. The number of nitrogen functional groups attached to an aromatic ring is 1. The summed E-state index contributed by atoms with van der Waals surface area (Å²) in [7, 11) is 2.15. The van der Waals surface area contributed by atoms with Crippen LogP contribution in [0.15, 0.2) is 12.7 Å². The molecule has 25 heavy (non-hydrogen) atoms. The highest BCUT2D eigenvalue weighted by atomic mass is 16.2. The van der Waals surface area contributed by atoms with Crippen LogP contribution in [0.4, 0.5) is 5.82 Å². The van der Waals surface area contributed by atoms with Crippen molar-refractivity contribution in [3.05, 3.63) is 12.7 Å². The molecular formula is C17H25N7O. The molecule has 1 amide bonds. The van der Waals surface area contributed by atoms with Gasteiger partial charge >= 0.3 is 0 Å². The van der Waals surface area contributed by atoms with Crippen LogP contribution in [-0.2, 0) is 4.79 Å². The SMILES string of the molecule is CC(C(=O)N1CCCC12CCN(C)CC2)n1cnc2c(N)ncnc21. The Kier molecular flexibility index (Phi) is 3.87. The van der Waals surface area contributed by atoms with Crippen molar-refractivity contribution in [3.8, 4) is 0 Å². The first-order valence-corrected chi connectivity index (χ1v) is 8.95. The molecule has 1 unspecified atom stereocenters. The van der Waals surface area contributed by atoms with Crippen molar-refractivity contribution in [1.82, 2.24) is 29.3 Å². The maximum Gasteiger partial charge on any atom is 0.245 e. The highest BCUT2D eigenvalue weighted by Crippen LogP contribution is 2.39. The molecule has 1 atom stereocenters. The number of amides is 1. The topological polar surface area (TPSA) is 93.2 Å². The van der Waals surface area contributed by atoms with E-state index in [9.17, 15) is 4.79 Å². The molecule has 2 aromatic rings. The van der Waals surface area contributed by atoms with E-state index in [0.717, 1.165) is 45.3 Å². The van der Waals surface area contributed by atoms with Gasteiger partial charge in [0.1, 0.15) is 17.9 Å². The summed E-state index contributed by atoms with van der Waals surface area (Å²) in [5, 5.41) is 0. The van der Waals surface area contributed by atoms with Gasteiger partial charge in [0, 0.05) is 25.2 Å². The number of rotatable bonds is 2. The molecule has 8 nitrogen and oxygen atoms in total. The van der Waals surface area contributed by atoms with E-state index in [-0.39, 0.29) is 17.5 Å². The molecular weight excluding hydrogens is 318 g/mol. The Labute approximate surface area is 147 Å². The maximum absolute atomic E-state index is 13.3. The van der Waals surface area contributed by atoms with Crippen LogP contribution in [0.5, 0.6) is 0 Å². The quantitative estimate of drug-likeness (QED) is 0.876. The van der Waals surface area contributed by atoms with Crippen molar-refractivity contribution in [1.29, 1.82) is 0 Å². The Morgan fingerprint density at radius 1 is 1.20 bits per heavy atom. The fourth-order valence-electron chi connectivity index (χ4n) is 4.33. The van der Waals surface area contributed by atoms with Crippen LogP contribution in [-0.4, -0.2) is 67.4 Å². The second-order valence-electron chi connectivity index (χ2n) is 7.38. The zero-order valence-electron chi connectivity index (χ0n) is 14.9. The van der Waals surface area contributed by atoms with Crippen molar-refractivity contribution in [2.45, 2.75) is 44.2 Å². The molecule has 0 aliphatic carbocycles. The van der Waals surface area contributed by atoms with Crippen molar-refractivity contribution < 1.29 is 4.79 Å². The van der Waals surface area contributed by atoms with E-state index in [1.807, 2.05) is 11.5 Å². The smallest absolute Gasteiger partial charge is 0.245 e. The van der Waals surface area contributed by atoms with Crippen LogP contribution in [0, 0.1) is 0 Å². The number of carbonyl (C=O) groups is 1. The first-order chi connectivity index (χ1) is 12.0. The lowest BCUT2D eigenvalue weighted by molar-refractivity contribution is -0.140. The molecule has 0 saturated carbocycles. The molecule has 2 aliphatic rings. The van der Waals surface area contributed by atoms with Gasteiger partial charge < -0.3 is 20.1 Å². The highest BCUT2D eigenvalue weighted by molar-refractivity contribution is 5.86. The normalized spacial score (nSPS) is 21.9. The van der Waals surface area contributed by atoms with Crippen LogP contribution >= 0.6 is 0 Å². The second-order valence-corrected chi connectivity index (χ2v) is 7.38. The molecule has 4 rings (SSSR count). The Morgan fingerprint density at radius 2 is 1.96 bits per heavy atom. The van der Waals surface area contributed by atoms with Gasteiger partial charge in [0.15, 0.2) is 11.5 Å². The number of nitrogens with two attached hydrogens (primary N) is 1. The van der Waals surface area contributed by atoms with Gasteiger partial charge in [0.25, 0.3) is 0 Å². The molecule has 0 radical (unpaired) electrons. The molecule has 2 N–H and O–H groups in total. The van der Waals surface area contributed by atoms with E-state index in [0.29, 0.717) is 17.0 Å². The first-order valence-electron chi connectivity index (χ1n) is 8.95. The van der Waals surface area contributed by atoms with Gasteiger partial charge in [0.05, 0.1) is 6.33 Å². The van der Waals surface area contributed by atoms with Crippen LogP contribution in [0.3, 0.4) is 0 Å². The summed E-state index contributed by atoms with van der Waals surface area (Å²) >= 11 is 0. The monoisotopic (exact) mass is 343 g/mol. The van der Waals surface area contributed by atoms with Crippen molar-refractivity contribution >= 4 is 22.9 Å². The summed E-state index contributed by atoms with van der Waals surface area (Å²) in [6.07, 6.45) is 7.38. The summed E-state index contributed by atoms with van der Waals surface area (Å²) in [5.74, 6) is 0.495. The lowest BCUT2D eigenvalue weighted by Gasteiger charge is -2.45. The zero-order chi connectivity index (χ0) is 17.6. The third-order valence-electron chi connectivity index (χ3n) is 5.94. The first kappa shape index (κ1) is 16.3. The predicted octanol–water partition coefficient (Wildman–Crippen LogP) is 1.06. The molecule has 4 heterocycles. The van der Waals surface area contributed by atoms with E-state index < -0.39 is 0 Å². The summed E-state index contributed by atoms with van der Waals surface area (Å²) in [6.45, 7) is 4.87. The maximum atomic E-state index is 13.3. The second kappa shape index (κ2) is 5.94. The molecule has 2 saturated heterocycles. The number of fused-ring (bicyclic) bond motifs is 1. The largest absolute Gasteiger partial charge is 0.382 e. The number of hydrogen-bond donors (Lipinski definition) is 1. The van der Waals surface area contributed by atoms with E-state index in [4.69, 9.17) is 5.73 Å². The van der Waals surface area contributed by atoms with Crippen molar-refractivity contribution in [2.24, 2.45) is 0 Å². The lowest BCUT2D eigenvalue weighted by Crippen LogP contribution is -2.54. The standard InChI is InChI=1S/C17H25N7O/c1-12(23-11-21-13-14(18)19-10-20-15(13)23)16(25)24-7-3-4-17(24)5-8-22(2)9-6-17/h10-12H,3-9H2,1-2H3,(H2,18,19,20). The average Bonchev–Trinajstić information content (AvgIpc) is 3.22. The van der Waals surface area contributed by atoms with Gasteiger partial charge in [-0.1, -0.05) is 0 Å². The molecule has 0 bridgehead atoms. The molecule has 134 valence electrons. The number of anilines is 1. The van der Waals surface area contributed by atoms with E-state index in [1.165, 1.54) is 6.33 Å².